The van der Waals surface area contributed by atoms with Crippen molar-refractivity contribution in [3.05, 3.63) is 44.1 Å². The lowest BCUT2D eigenvalue weighted by Gasteiger charge is -2.06. The zero-order chi connectivity index (χ0) is 15.3. The molecule has 2 N–H and O–H groups in total. The number of carboxylic acids is 1. The first-order chi connectivity index (χ1) is 9.40. The third-order valence-electron chi connectivity index (χ3n) is 2.11. The van der Waals surface area contributed by atoms with E-state index in [0.29, 0.717) is 0 Å². The number of carboxylic acid groups (broad SMARTS) is 1. The van der Waals surface area contributed by atoms with Crippen molar-refractivity contribution >= 4 is 33.3 Å². The summed E-state index contributed by atoms with van der Waals surface area (Å²) in [4.78, 5) is 21.0. The molecule has 0 heterocycles. The SMILES string of the molecule is N#CC(C#N)=CNc1c(Br)cc(C(=O)O)cc1[N+](=O)[O-]. The van der Waals surface area contributed by atoms with Gasteiger partial charge in [-0.05, 0) is 22.0 Å². The average molecular weight is 337 g/mol. The molecule has 1 aromatic carbocycles. The highest BCUT2D eigenvalue weighted by Gasteiger charge is 2.20. The van der Waals surface area contributed by atoms with Crippen molar-refractivity contribution in [3.8, 4) is 12.1 Å². The van der Waals surface area contributed by atoms with Crippen LogP contribution in [-0.4, -0.2) is 16.0 Å². The Morgan fingerprint density at radius 2 is 2.05 bits per heavy atom. The molecule has 8 nitrogen and oxygen atoms in total. The molecule has 20 heavy (non-hydrogen) atoms. The molecule has 0 aliphatic heterocycles. The van der Waals surface area contributed by atoms with Gasteiger partial charge in [-0.2, -0.15) is 10.5 Å². The smallest absolute Gasteiger partial charge is 0.335 e. The summed E-state index contributed by atoms with van der Waals surface area (Å²) in [6.45, 7) is 0. The normalized spacial score (nSPS) is 8.95. The summed E-state index contributed by atoms with van der Waals surface area (Å²) >= 11 is 3.00. The lowest BCUT2D eigenvalue weighted by atomic mass is 10.1. The highest BCUT2D eigenvalue weighted by atomic mass is 79.9. The van der Waals surface area contributed by atoms with Crippen molar-refractivity contribution in [2.75, 3.05) is 5.32 Å². The number of nitrogens with one attached hydrogen (secondary N) is 1. The molecule has 0 spiro atoms. The molecule has 0 atom stereocenters. The Morgan fingerprint density at radius 3 is 2.50 bits per heavy atom. The number of halogens is 1. The number of nitro groups is 1. The van der Waals surface area contributed by atoms with Crippen molar-refractivity contribution in [1.29, 1.82) is 10.5 Å². The standard InChI is InChI=1S/C11H5BrN4O4/c12-8-1-7(11(17)18)2-9(16(19)20)10(8)15-5-6(3-13)4-14/h1-2,5,15H,(H,17,18). The minimum Gasteiger partial charge on any atom is -0.478 e. The number of nitriles is 2. The van der Waals surface area contributed by atoms with E-state index in [0.717, 1.165) is 12.3 Å². The predicted octanol–water partition coefficient (Wildman–Crippen LogP) is 2.40. The van der Waals surface area contributed by atoms with Gasteiger partial charge in [-0.25, -0.2) is 4.79 Å². The topological polar surface area (TPSA) is 140 Å². The van der Waals surface area contributed by atoms with E-state index in [4.69, 9.17) is 15.6 Å². The third-order valence-corrected chi connectivity index (χ3v) is 2.74. The average Bonchev–Trinajstić information content (AvgIpc) is 2.40. The number of allylic oxidation sites excluding steroid dienone is 1. The maximum absolute atomic E-state index is 10.9. The first-order valence-corrected chi connectivity index (χ1v) is 5.68. The van der Waals surface area contributed by atoms with Gasteiger partial charge in [0.05, 0.1) is 10.5 Å². The zero-order valence-corrected chi connectivity index (χ0v) is 11.2. The van der Waals surface area contributed by atoms with Crippen LogP contribution in [0, 0.1) is 32.8 Å². The number of nitrogens with zero attached hydrogens (tertiary/aromatic N) is 3. The molecule has 0 unspecified atom stereocenters. The van der Waals surface area contributed by atoms with E-state index in [-0.39, 0.29) is 21.3 Å². The molecule has 9 heteroatoms. The molecule has 0 saturated heterocycles. The van der Waals surface area contributed by atoms with Gasteiger partial charge >= 0.3 is 5.97 Å². The van der Waals surface area contributed by atoms with E-state index < -0.39 is 16.6 Å². The molecule has 0 aliphatic rings. The highest BCUT2D eigenvalue weighted by molar-refractivity contribution is 9.10. The molecule has 0 aliphatic carbocycles. The monoisotopic (exact) mass is 336 g/mol. The fourth-order valence-corrected chi connectivity index (χ4v) is 1.80. The van der Waals surface area contributed by atoms with E-state index in [1.165, 1.54) is 6.07 Å². The van der Waals surface area contributed by atoms with Crippen LogP contribution in [0.3, 0.4) is 0 Å². The molecule has 1 rings (SSSR count). The number of aromatic carboxylic acids is 1. The molecule has 0 radical (unpaired) electrons. The van der Waals surface area contributed by atoms with Gasteiger partial charge in [0.2, 0.25) is 0 Å². The molecule has 0 saturated carbocycles. The number of hydrogen-bond acceptors (Lipinski definition) is 6. The fourth-order valence-electron chi connectivity index (χ4n) is 1.24. The second-order valence-corrected chi connectivity index (χ2v) is 4.19. The minimum atomic E-state index is -1.31. The van der Waals surface area contributed by atoms with Gasteiger partial charge in [0.25, 0.3) is 5.69 Å². The van der Waals surface area contributed by atoms with Crippen molar-refractivity contribution < 1.29 is 14.8 Å². The van der Waals surface area contributed by atoms with Crippen LogP contribution in [0.25, 0.3) is 0 Å². The second-order valence-electron chi connectivity index (χ2n) is 3.34. The Kier molecular flexibility index (Phi) is 4.78. The summed E-state index contributed by atoms with van der Waals surface area (Å²) in [6.07, 6.45) is 0.994. The van der Waals surface area contributed by atoms with Crippen molar-refractivity contribution in [3.63, 3.8) is 0 Å². The molecule has 0 aromatic heterocycles. The van der Waals surface area contributed by atoms with Gasteiger partial charge < -0.3 is 10.4 Å². The number of anilines is 1. The number of rotatable bonds is 4. The summed E-state index contributed by atoms with van der Waals surface area (Å²) < 4.78 is 0.121. The molecule has 0 bridgehead atoms. The third kappa shape index (κ3) is 3.31. The van der Waals surface area contributed by atoms with Crippen LogP contribution in [0.4, 0.5) is 11.4 Å². The Bertz CT molecular complexity index is 684. The lowest BCUT2D eigenvalue weighted by Crippen LogP contribution is -2.03. The Morgan fingerprint density at radius 1 is 1.45 bits per heavy atom. The van der Waals surface area contributed by atoms with Gasteiger partial charge in [-0.15, -0.1) is 0 Å². The first-order valence-electron chi connectivity index (χ1n) is 4.88. The summed E-state index contributed by atoms with van der Waals surface area (Å²) in [6, 6.07) is 5.20. The second kappa shape index (κ2) is 6.31. The molecule has 0 fully saturated rings. The van der Waals surface area contributed by atoms with Crippen molar-refractivity contribution in [1.82, 2.24) is 0 Å². The summed E-state index contributed by atoms with van der Waals surface area (Å²) in [5, 5.41) is 39.3. The number of benzene rings is 1. The van der Waals surface area contributed by atoms with Crippen LogP contribution < -0.4 is 5.32 Å². The predicted molar refractivity (Wildman–Crippen MR) is 70.7 cm³/mol. The molecule has 0 amide bonds. The largest absolute Gasteiger partial charge is 0.478 e. The van der Waals surface area contributed by atoms with Gasteiger partial charge in [0.15, 0.2) is 0 Å². The van der Waals surface area contributed by atoms with Gasteiger partial charge in [0.1, 0.15) is 23.4 Å². The molecule has 100 valence electrons. The van der Waals surface area contributed by atoms with Crippen molar-refractivity contribution in [2.24, 2.45) is 0 Å². The first kappa shape index (κ1) is 15.1. The van der Waals surface area contributed by atoms with Crippen LogP contribution in [0.5, 0.6) is 0 Å². The number of nitro benzene ring substituents is 1. The molecular formula is C11H5BrN4O4. The summed E-state index contributed by atoms with van der Waals surface area (Å²) in [5.41, 5.74) is -1.10. The van der Waals surface area contributed by atoms with E-state index in [9.17, 15) is 14.9 Å². The number of hydrogen-bond donors (Lipinski definition) is 2. The molecule has 1 aromatic rings. The Balaban J connectivity index is 3.37. The quantitative estimate of drug-likeness (QED) is 0.488. The van der Waals surface area contributed by atoms with E-state index in [1.807, 2.05) is 0 Å². The van der Waals surface area contributed by atoms with Gasteiger partial charge in [-0.1, -0.05) is 0 Å². The maximum atomic E-state index is 10.9. The molecular weight excluding hydrogens is 332 g/mol. The Labute approximate surface area is 120 Å². The van der Waals surface area contributed by atoms with Crippen LogP contribution >= 0.6 is 15.9 Å². The van der Waals surface area contributed by atoms with Crippen LogP contribution in [0.1, 0.15) is 10.4 Å². The van der Waals surface area contributed by atoms with Gasteiger partial charge in [0, 0.05) is 16.7 Å². The zero-order valence-electron chi connectivity index (χ0n) is 9.62. The highest BCUT2D eigenvalue weighted by Crippen LogP contribution is 2.34. The fraction of sp³-hybridized carbons (Fsp3) is 0. The van der Waals surface area contributed by atoms with Crippen LogP contribution in [-0.2, 0) is 0 Å². The minimum absolute atomic E-state index is 0.0528. The van der Waals surface area contributed by atoms with Gasteiger partial charge in [-0.3, -0.25) is 10.1 Å². The maximum Gasteiger partial charge on any atom is 0.335 e. The van der Waals surface area contributed by atoms with Crippen molar-refractivity contribution in [2.45, 2.75) is 0 Å². The summed E-state index contributed by atoms with van der Waals surface area (Å²) in [5.74, 6) is -1.31. The van der Waals surface area contributed by atoms with E-state index >= 15 is 0 Å². The lowest BCUT2D eigenvalue weighted by molar-refractivity contribution is -0.384. The van der Waals surface area contributed by atoms with E-state index in [2.05, 4.69) is 21.2 Å². The summed E-state index contributed by atoms with van der Waals surface area (Å²) in [7, 11) is 0. The number of carbonyl (C=O) groups is 1. The van der Waals surface area contributed by atoms with E-state index in [1.54, 1.807) is 12.1 Å². The van der Waals surface area contributed by atoms with Crippen LogP contribution in [0.15, 0.2) is 28.4 Å². The van der Waals surface area contributed by atoms with Crippen LogP contribution in [0.2, 0.25) is 0 Å². The Hall–Kier alpha value is -2.91.